The molecule has 3 rings (SSSR count). The van der Waals surface area contributed by atoms with Gasteiger partial charge in [-0.2, -0.15) is 0 Å². The number of hydrogen-bond acceptors (Lipinski definition) is 6. The predicted octanol–water partition coefficient (Wildman–Crippen LogP) is 2.20. The average Bonchev–Trinajstić information content (AvgIpc) is 2.96. The monoisotopic (exact) mass is 371 g/mol. The van der Waals surface area contributed by atoms with Gasteiger partial charge in [0, 0.05) is 20.1 Å². The Bertz CT molecular complexity index is 722. The molecule has 144 valence electrons. The molecular weight excluding hydrogens is 345 g/mol. The fourth-order valence-electron chi connectivity index (χ4n) is 2.70. The second-order valence-electron chi connectivity index (χ2n) is 6.22. The molecule has 1 aliphatic heterocycles. The zero-order valence-electron chi connectivity index (χ0n) is 15.8. The fourth-order valence-corrected chi connectivity index (χ4v) is 2.70. The van der Waals surface area contributed by atoms with Gasteiger partial charge in [0.2, 0.25) is 0 Å². The molecule has 27 heavy (non-hydrogen) atoms. The van der Waals surface area contributed by atoms with Crippen LogP contribution in [0.1, 0.15) is 31.4 Å². The maximum Gasteiger partial charge on any atom is 0.492 e. The topological polar surface area (TPSA) is 91.0 Å². The van der Waals surface area contributed by atoms with Gasteiger partial charge in [-0.25, -0.2) is 0 Å². The molecule has 2 aromatic carbocycles. The zero-order valence-corrected chi connectivity index (χ0v) is 15.8. The molecule has 1 aliphatic rings. The number of benzene rings is 2. The molecule has 0 bridgehead atoms. The summed E-state index contributed by atoms with van der Waals surface area (Å²) in [6.07, 6.45) is 0.859. The smallest absolute Gasteiger partial charge is 0.457 e. The first-order valence-corrected chi connectivity index (χ1v) is 8.94. The minimum atomic E-state index is -1.01. The van der Waals surface area contributed by atoms with Crippen LogP contribution in [0.4, 0.5) is 0 Å². The summed E-state index contributed by atoms with van der Waals surface area (Å²) in [6.45, 7) is 3.03. The molecule has 3 N–H and O–H groups in total. The van der Waals surface area contributed by atoms with E-state index in [0.29, 0.717) is 11.2 Å². The number of hydrogen-bond donors (Lipinski definition) is 2. The van der Waals surface area contributed by atoms with Crippen LogP contribution in [-0.2, 0) is 14.2 Å². The summed E-state index contributed by atoms with van der Waals surface area (Å²) in [5, 5.41) is 9.97. The molecule has 0 saturated heterocycles. The first-order valence-electron chi connectivity index (χ1n) is 8.94. The van der Waals surface area contributed by atoms with Gasteiger partial charge in [0.1, 0.15) is 17.3 Å². The van der Waals surface area contributed by atoms with Gasteiger partial charge in [-0.05, 0) is 55.2 Å². The minimum Gasteiger partial charge on any atom is -0.457 e. The molecular formula is C20H26BNO5. The number of carbonyl (C=O) groups excluding carboxylic acids is 1. The Kier molecular flexibility index (Phi) is 8.48. The van der Waals surface area contributed by atoms with E-state index in [-0.39, 0.29) is 18.3 Å². The summed E-state index contributed by atoms with van der Waals surface area (Å²) >= 11 is 0. The number of carbonyl (C=O) groups is 1. The van der Waals surface area contributed by atoms with E-state index >= 15 is 0 Å². The molecule has 0 amide bonds. The molecule has 2 aromatic rings. The van der Waals surface area contributed by atoms with Crippen molar-refractivity contribution >= 4 is 18.4 Å². The summed E-state index contributed by atoms with van der Waals surface area (Å²) in [6, 6.07) is 14.8. The van der Waals surface area contributed by atoms with E-state index in [1.54, 1.807) is 13.2 Å². The lowest BCUT2D eigenvalue weighted by Crippen LogP contribution is -2.27. The van der Waals surface area contributed by atoms with Crippen LogP contribution in [0.15, 0.2) is 48.5 Å². The van der Waals surface area contributed by atoms with Gasteiger partial charge in [0.15, 0.2) is 0 Å². The summed E-state index contributed by atoms with van der Waals surface area (Å²) < 4.78 is 15.9. The average molecular weight is 371 g/mol. The van der Waals surface area contributed by atoms with Crippen molar-refractivity contribution in [1.29, 1.82) is 0 Å². The summed E-state index contributed by atoms with van der Waals surface area (Å²) in [4.78, 5) is 11.2. The van der Waals surface area contributed by atoms with Crippen LogP contribution in [0, 0.1) is 0 Å². The van der Waals surface area contributed by atoms with E-state index < -0.39 is 7.12 Å². The third-order valence-electron chi connectivity index (χ3n) is 3.97. The van der Waals surface area contributed by atoms with E-state index in [4.69, 9.17) is 19.9 Å². The quantitative estimate of drug-likeness (QED) is 0.573. The molecule has 0 aliphatic carbocycles. The van der Waals surface area contributed by atoms with Crippen LogP contribution < -0.4 is 15.9 Å². The standard InChI is InChI=1S/C16H15BO4.C4H11NO/c1-11(18)9-16-14-8-7-13(10-15(14)17(19)21-16)20-12-5-3-2-4-6-12;1-6-4-2-3-5/h2-8,10,16,19H,9H2,1H3;2-5H2,1H3/t16-;/m1./s1. The van der Waals surface area contributed by atoms with Gasteiger partial charge in [0.05, 0.1) is 6.10 Å². The molecule has 0 unspecified atom stereocenters. The highest BCUT2D eigenvalue weighted by atomic mass is 16.5. The molecule has 0 spiro atoms. The summed E-state index contributed by atoms with van der Waals surface area (Å²) in [5.41, 5.74) is 6.64. The molecule has 1 atom stereocenters. The van der Waals surface area contributed by atoms with Gasteiger partial charge in [-0.1, -0.05) is 24.3 Å². The first kappa shape index (κ1) is 21.1. The molecule has 0 aromatic heterocycles. The Morgan fingerprint density at radius 2 is 1.96 bits per heavy atom. The highest BCUT2D eigenvalue weighted by Gasteiger charge is 2.35. The Hall–Kier alpha value is -2.19. The van der Waals surface area contributed by atoms with Crippen molar-refractivity contribution in [2.75, 3.05) is 20.3 Å². The van der Waals surface area contributed by atoms with Crippen molar-refractivity contribution in [3.63, 3.8) is 0 Å². The number of para-hydroxylation sites is 1. The molecule has 0 saturated carbocycles. The van der Waals surface area contributed by atoms with Crippen LogP contribution >= 0.6 is 0 Å². The number of ketones is 1. The Morgan fingerprint density at radius 1 is 1.22 bits per heavy atom. The summed E-state index contributed by atoms with van der Waals surface area (Å²) in [5.74, 6) is 1.39. The van der Waals surface area contributed by atoms with E-state index in [1.807, 2.05) is 42.5 Å². The number of rotatable bonds is 7. The number of Topliss-reactive ketones (excluding diaryl/α,β-unsaturated/α-hetero) is 1. The van der Waals surface area contributed by atoms with E-state index in [2.05, 4.69) is 0 Å². The number of methoxy groups -OCH3 is 1. The van der Waals surface area contributed by atoms with Gasteiger partial charge in [0.25, 0.3) is 0 Å². The van der Waals surface area contributed by atoms with Gasteiger partial charge >= 0.3 is 7.12 Å². The number of nitrogens with two attached hydrogens (primary N) is 1. The number of fused-ring (bicyclic) bond motifs is 1. The van der Waals surface area contributed by atoms with Crippen LogP contribution in [0.2, 0.25) is 0 Å². The van der Waals surface area contributed by atoms with Crippen molar-refractivity contribution in [3.8, 4) is 11.5 Å². The van der Waals surface area contributed by atoms with Crippen molar-refractivity contribution in [2.45, 2.75) is 25.9 Å². The third-order valence-corrected chi connectivity index (χ3v) is 3.97. The van der Waals surface area contributed by atoms with E-state index in [1.165, 1.54) is 6.92 Å². The second-order valence-corrected chi connectivity index (χ2v) is 6.22. The maximum absolute atomic E-state index is 11.2. The fraction of sp³-hybridized carbons (Fsp3) is 0.350. The normalized spacial score (nSPS) is 15.0. The zero-order chi connectivity index (χ0) is 19.6. The highest BCUT2D eigenvalue weighted by molar-refractivity contribution is 6.61. The lowest BCUT2D eigenvalue weighted by molar-refractivity contribution is -0.118. The molecule has 0 fully saturated rings. The van der Waals surface area contributed by atoms with Gasteiger partial charge < -0.3 is 24.9 Å². The van der Waals surface area contributed by atoms with Crippen LogP contribution in [-0.4, -0.2) is 38.2 Å². The van der Waals surface area contributed by atoms with Crippen molar-refractivity contribution in [3.05, 3.63) is 54.1 Å². The Balaban J connectivity index is 0.000000380. The van der Waals surface area contributed by atoms with Gasteiger partial charge in [-0.15, -0.1) is 0 Å². The lowest BCUT2D eigenvalue weighted by Gasteiger charge is -2.10. The minimum absolute atomic E-state index is 0.0321. The molecule has 1 heterocycles. The lowest BCUT2D eigenvalue weighted by atomic mass is 9.79. The van der Waals surface area contributed by atoms with Crippen molar-refractivity contribution in [2.24, 2.45) is 5.73 Å². The largest absolute Gasteiger partial charge is 0.492 e. The van der Waals surface area contributed by atoms with Crippen LogP contribution in [0.3, 0.4) is 0 Å². The Morgan fingerprint density at radius 3 is 2.56 bits per heavy atom. The van der Waals surface area contributed by atoms with Crippen molar-refractivity contribution in [1.82, 2.24) is 0 Å². The third kappa shape index (κ3) is 6.48. The van der Waals surface area contributed by atoms with E-state index in [9.17, 15) is 9.82 Å². The Labute approximate surface area is 160 Å². The number of ether oxygens (including phenoxy) is 2. The van der Waals surface area contributed by atoms with E-state index in [0.717, 1.165) is 30.9 Å². The van der Waals surface area contributed by atoms with Crippen LogP contribution in [0.5, 0.6) is 11.5 Å². The predicted molar refractivity (Wildman–Crippen MR) is 105 cm³/mol. The van der Waals surface area contributed by atoms with Crippen LogP contribution in [0.25, 0.3) is 0 Å². The maximum atomic E-state index is 11.2. The highest BCUT2D eigenvalue weighted by Crippen LogP contribution is 2.30. The molecule has 0 radical (unpaired) electrons. The summed E-state index contributed by atoms with van der Waals surface area (Å²) in [7, 11) is 0.666. The molecule has 7 heteroatoms. The van der Waals surface area contributed by atoms with Gasteiger partial charge in [-0.3, -0.25) is 4.79 Å². The molecule has 6 nitrogen and oxygen atoms in total. The first-order chi connectivity index (χ1) is 13.0. The second kappa shape index (κ2) is 10.8. The van der Waals surface area contributed by atoms with Crippen molar-refractivity contribution < 1.29 is 23.9 Å². The SMILES string of the molecule is CC(=O)C[C@H]1OB(O)c2cc(Oc3ccccc3)ccc21.COCCCN.